The van der Waals surface area contributed by atoms with Crippen molar-refractivity contribution in [3.63, 3.8) is 0 Å². The molecule has 2 amide bonds. The quantitative estimate of drug-likeness (QED) is 0.705. The van der Waals surface area contributed by atoms with Crippen LogP contribution in [0.5, 0.6) is 5.75 Å². The first kappa shape index (κ1) is 19.5. The number of carbonyl (C=O) groups is 1. The molecule has 1 aromatic rings. The SMILES string of the molecule is Cc1ccc(OCCNC(=O)NCC(C(C)C)N2CCOCC2)cc1. The molecular weight excluding hydrogens is 318 g/mol. The van der Waals surface area contributed by atoms with Crippen molar-refractivity contribution in [1.29, 1.82) is 0 Å². The third-order valence-corrected chi connectivity index (χ3v) is 4.43. The van der Waals surface area contributed by atoms with Crippen LogP contribution in [-0.2, 0) is 4.74 Å². The molecule has 1 atom stereocenters. The molecule has 0 bridgehead atoms. The molecule has 6 nitrogen and oxygen atoms in total. The average Bonchev–Trinajstić information content (AvgIpc) is 2.61. The zero-order valence-electron chi connectivity index (χ0n) is 15.6. The van der Waals surface area contributed by atoms with Crippen LogP contribution in [0.3, 0.4) is 0 Å². The second-order valence-corrected chi connectivity index (χ2v) is 6.76. The van der Waals surface area contributed by atoms with E-state index in [4.69, 9.17) is 9.47 Å². The molecule has 1 heterocycles. The molecule has 1 aliphatic rings. The maximum absolute atomic E-state index is 12.0. The van der Waals surface area contributed by atoms with Crippen LogP contribution in [0.15, 0.2) is 24.3 Å². The maximum Gasteiger partial charge on any atom is 0.314 e. The molecule has 0 aliphatic carbocycles. The summed E-state index contributed by atoms with van der Waals surface area (Å²) in [5, 5.41) is 5.82. The van der Waals surface area contributed by atoms with E-state index in [1.807, 2.05) is 31.2 Å². The van der Waals surface area contributed by atoms with Crippen molar-refractivity contribution >= 4 is 6.03 Å². The van der Waals surface area contributed by atoms with Gasteiger partial charge in [0.05, 0.1) is 19.8 Å². The number of benzene rings is 1. The van der Waals surface area contributed by atoms with Crippen LogP contribution >= 0.6 is 0 Å². The van der Waals surface area contributed by atoms with Gasteiger partial charge in [0.15, 0.2) is 0 Å². The molecular formula is C19H31N3O3. The minimum Gasteiger partial charge on any atom is -0.492 e. The smallest absolute Gasteiger partial charge is 0.314 e. The first-order valence-corrected chi connectivity index (χ1v) is 9.09. The van der Waals surface area contributed by atoms with Crippen molar-refractivity contribution in [2.45, 2.75) is 26.8 Å². The van der Waals surface area contributed by atoms with Crippen molar-refractivity contribution in [3.05, 3.63) is 29.8 Å². The highest BCUT2D eigenvalue weighted by Crippen LogP contribution is 2.12. The number of amides is 2. The number of carbonyl (C=O) groups excluding carboxylic acids is 1. The third kappa shape index (κ3) is 6.92. The van der Waals surface area contributed by atoms with Gasteiger partial charge in [-0.05, 0) is 25.0 Å². The fourth-order valence-corrected chi connectivity index (χ4v) is 2.92. The van der Waals surface area contributed by atoms with Crippen molar-refractivity contribution in [2.24, 2.45) is 5.92 Å². The van der Waals surface area contributed by atoms with Gasteiger partial charge in [0.1, 0.15) is 12.4 Å². The lowest BCUT2D eigenvalue weighted by molar-refractivity contribution is 0.00719. The van der Waals surface area contributed by atoms with Crippen molar-refractivity contribution in [1.82, 2.24) is 15.5 Å². The van der Waals surface area contributed by atoms with E-state index in [9.17, 15) is 4.79 Å². The van der Waals surface area contributed by atoms with E-state index in [0.717, 1.165) is 32.1 Å². The Morgan fingerprint density at radius 3 is 2.52 bits per heavy atom. The highest BCUT2D eigenvalue weighted by Gasteiger charge is 2.24. The molecule has 1 aromatic carbocycles. The van der Waals surface area contributed by atoms with E-state index in [2.05, 4.69) is 29.4 Å². The van der Waals surface area contributed by atoms with Crippen LogP contribution in [0.4, 0.5) is 4.79 Å². The summed E-state index contributed by atoms with van der Waals surface area (Å²) in [6.45, 7) is 11.4. The Morgan fingerprint density at radius 2 is 1.88 bits per heavy atom. The Kier molecular flexibility index (Phi) is 8.01. The van der Waals surface area contributed by atoms with E-state index in [-0.39, 0.29) is 6.03 Å². The first-order valence-electron chi connectivity index (χ1n) is 9.09. The standard InChI is InChI=1S/C19H31N3O3/c1-15(2)18(22-9-12-24-13-10-22)14-21-19(23)20-8-11-25-17-6-4-16(3)5-7-17/h4-7,15,18H,8-14H2,1-3H3,(H2,20,21,23). The molecule has 1 saturated heterocycles. The van der Waals surface area contributed by atoms with Crippen LogP contribution in [0.25, 0.3) is 0 Å². The molecule has 1 unspecified atom stereocenters. The lowest BCUT2D eigenvalue weighted by Crippen LogP contribution is -2.52. The van der Waals surface area contributed by atoms with Crippen LogP contribution in [-0.4, -0.2) is 63.0 Å². The van der Waals surface area contributed by atoms with Gasteiger partial charge < -0.3 is 20.1 Å². The van der Waals surface area contributed by atoms with E-state index < -0.39 is 0 Å². The average molecular weight is 349 g/mol. The van der Waals surface area contributed by atoms with Crippen LogP contribution in [0.1, 0.15) is 19.4 Å². The summed E-state index contributed by atoms with van der Waals surface area (Å²) in [6.07, 6.45) is 0. The number of nitrogens with zero attached hydrogens (tertiary/aromatic N) is 1. The molecule has 140 valence electrons. The van der Waals surface area contributed by atoms with Gasteiger partial charge in [-0.1, -0.05) is 31.5 Å². The Morgan fingerprint density at radius 1 is 1.20 bits per heavy atom. The van der Waals surface area contributed by atoms with Gasteiger partial charge in [-0.15, -0.1) is 0 Å². The molecule has 2 rings (SSSR count). The number of hydrogen-bond donors (Lipinski definition) is 2. The monoisotopic (exact) mass is 349 g/mol. The minimum absolute atomic E-state index is 0.147. The van der Waals surface area contributed by atoms with Gasteiger partial charge in [0.2, 0.25) is 0 Å². The van der Waals surface area contributed by atoms with Crippen LogP contribution in [0.2, 0.25) is 0 Å². The number of nitrogens with one attached hydrogen (secondary N) is 2. The van der Waals surface area contributed by atoms with E-state index in [0.29, 0.717) is 31.7 Å². The number of hydrogen-bond acceptors (Lipinski definition) is 4. The van der Waals surface area contributed by atoms with Gasteiger partial charge >= 0.3 is 6.03 Å². The van der Waals surface area contributed by atoms with Gasteiger partial charge in [-0.25, -0.2) is 4.79 Å². The summed E-state index contributed by atoms with van der Waals surface area (Å²) in [4.78, 5) is 14.4. The largest absolute Gasteiger partial charge is 0.492 e. The summed E-state index contributed by atoms with van der Waals surface area (Å²) in [5.41, 5.74) is 1.20. The first-order chi connectivity index (χ1) is 12.1. The number of rotatable bonds is 8. The van der Waals surface area contributed by atoms with Crippen molar-refractivity contribution in [2.75, 3.05) is 46.0 Å². The highest BCUT2D eigenvalue weighted by atomic mass is 16.5. The van der Waals surface area contributed by atoms with Crippen LogP contribution in [0, 0.1) is 12.8 Å². The topological polar surface area (TPSA) is 62.8 Å². The number of urea groups is 1. The predicted molar refractivity (Wildman–Crippen MR) is 99.1 cm³/mol. The van der Waals surface area contributed by atoms with Crippen molar-refractivity contribution < 1.29 is 14.3 Å². The highest BCUT2D eigenvalue weighted by molar-refractivity contribution is 5.73. The molecule has 1 fully saturated rings. The Balaban J connectivity index is 1.64. The summed E-state index contributed by atoms with van der Waals surface area (Å²) < 4.78 is 11.0. The van der Waals surface area contributed by atoms with Gasteiger partial charge in [-0.3, -0.25) is 4.90 Å². The molecule has 0 aromatic heterocycles. The Hall–Kier alpha value is -1.79. The second kappa shape index (κ2) is 10.3. The fourth-order valence-electron chi connectivity index (χ4n) is 2.92. The molecule has 0 saturated carbocycles. The zero-order valence-corrected chi connectivity index (χ0v) is 15.6. The van der Waals surface area contributed by atoms with Gasteiger partial charge in [0, 0.05) is 25.7 Å². The van der Waals surface area contributed by atoms with E-state index >= 15 is 0 Å². The molecule has 0 radical (unpaired) electrons. The lowest BCUT2D eigenvalue weighted by Gasteiger charge is -2.36. The Bertz CT molecular complexity index is 513. The number of aryl methyl sites for hydroxylation is 1. The molecule has 0 spiro atoms. The summed E-state index contributed by atoms with van der Waals surface area (Å²) in [6, 6.07) is 8.07. The fraction of sp³-hybridized carbons (Fsp3) is 0.632. The maximum atomic E-state index is 12.0. The van der Waals surface area contributed by atoms with Gasteiger partial charge in [0.25, 0.3) is 0 Å². The van der Waals surface area contributed by atoms with Crippen molar-refractivity contribution in [3.8, 4) is 5.75 Å². The lowest BCUT2D eigenvalue weighted by atomic mass is 10.0. The summed E-state index contributed by atoms with van der Waals surface area (Å²) in [5.74, 6) is 1.29. The van der Waals surface area contributed by atoms with E-state index in [1.165, 1.54) is 5.56 Å². The molecule has 2 N–H and O–H groups in total. The van der Waals surface area contributed by atoms with Crippen LogP contribution < -0.4 is 15.4 Å². The second-order valence-electron chi connectivity index (χ2n) is 6.76. The third-order valence-electron chi connectivity index (χ3n) is 4.43. The molecule has 25 heavy (non-hydrogen) atoms. The molecule has 6 heteroatoms. The van der Waals surface area contributed by atoms with Gasteiger partial charge in [-0.2, -0.15) is 0 Å². The Labute approximate surface area is 150 Å². The summed E-state index contributed by atoms with van der Waals surface area (Å²) in [7, 11) is 0. The van der Waals surface area contributed by atoms with E-state index in [1.54, 1.807) is 0 Å². The number of ether oxygens (including phenoxy) is 2. The number of morpholine rings is 1. The predicted octanol–water partition coefficient (Wildman–Crippen LogP) is 2.03. The normalized spacial score (nSPS) is 16.5. The summed E-state index contributed by atoms with van der Waals surface area (Å²) >= 11 is 0. The minimum atomic E-state index is -0.147. The molecule has 1 aliphatic heterocycles. The zero-order chi connectivity index (χ0) is 18.1.